The second kappa shape index (κ2) is 7.55. The molecule has 0 unspecified atom stereocenters. The highest BCUT2D eigenvalue weighted by molar-refractivity contribution is 9.11. The monoisotopic (exact) mass is 422 g/mol. The maximum atomic E-state index is 12.6. The van der Waals surface area contributed by atoms with E-state index in [1.165, 1.54) is 11.8 Å². The van der Waals surface area contributed by atoms with Crippen molar-refractivity contribution in [3.8, 4) is 5.75 Å². The summed E-state index contributed by atoms with van der Waals surface area (Å²) in [6.07, 6.45) is 1.92. The Bertz CT molecular complexity index is 812. The molecule has 1 aromatic carbocycles. The van der Waals surface area contributed by atoms with Gasteiger partial charge in [-0.2, -0.15) is 0 Å². The van der Waals surface area contributed by atoms with Gasteiger partial charge in [-0.15, -0.1) is 11.3 Å². The number of likely N-dealkylation sites (N-methyl/N-ethyl adjacent to an activating group) is 1. The molecule has 1 aromatic heterocycles. The van der Waals surface area contributed by atoms with Gasteiger partial charge in [0.25, 0.3) is 5.91 Å². The third-order valence-corrected chi connectivity index (χ3v) is 5.95. The van der Waals surface area contributed by atoms with Crippen LogP contribution in [0, 0.1) is 0 Å². The zero-order valence-electron chi connectivity index (χ0n) is 13.2. The summed E-state index contributed by atoms with van der Waals surface area (Å²) in [7, 11) is 1.63. The largest absolute Gasteiger partial charge is 0.497 e. The standard InChI is InChI=1S/C17H15BrN2O2S2/c1-3-20-16(21)14(10-13-8-9-15(18)23-13)24-17(20)19-11-4-6-12(22-2)7-5-11/h4-10H,3H2,1-2H3/b14-10+,19-17?. The number of rotatable bonds is 4. The lowest BCUT2D eigenvalue weighted by Crippen LogP contribution is -2.28. The molecule has 1 amide bonds. The first kappa shape index (κ1) is 17.3. The van der Waals surface area contributed by atoms with E-state index in [1.807, 2.05) is 49.4 Å². The van der Waals surface area contributed by atoms with E-state index in [0.717, 1.165) is 20.1 Å². The molecule has 24 heavy (non-hydrogen) atoms. The molecule has 7 heteroatoms. The number of ether oxygens (including phenoxy) is 1. The molecule has 0 saturated carbocycles. The average molecular weight is 423 g/mol. The minimum Gasteiger partial charge on any atom is -0.497 e. The summed E-state index contributed by atoms with van der Waals surface area (Å²) in [4.78, 5) is 20.6. The smallest absolute Gasteiger partial charge is 0.266 e. The molecule has 1 saturated heterocycles. The number of carbonyl (C=O) groups excluding carboxylic acids is 1. The Hall–Kier alpha value is -1.57. The summed E-state index contributed by atoms with van der Waals surface area (Å²) in [5.41, 5.74) is 0.796. The zero-order chi connectivity index (χ0) is 17.1. The van der Waals surface area contributed by atoms with Gasteiger partial charge in [0.1, 0.15) is 5.75 Å². The van der Waals surface area contributed by atoms with Crippen LogP contribution in [-0.2, 0) is 4.79 Å². The number of thioether (sulfide) groups is 1. The number of carbonyl (C=O) groups is 1. The molecule has 0 bridgehead atoms. The van der Waals surface area contributed by atoms with Crippen molar-refractivity contribution in [2.75, 3.05) is 13.7 Å². The number of aliphatic imine (C=N–C) groups is 1. The Morgan fingerprint density at radius 2 is 2.00 bits per heavy atom. The number of hydrogen-bond donors (Lipinski definition) is 0. The van der Waals surface area contributed by atoms with Crippen molar-refractivity contribution >= 4 is 61.9 Å². The number of nitrogens with zero attached hydrogens (tertiary/aromatic N) is 2. The van der Waals surface area contributed by atoms with Gasteiger partial charge in [0.15, 0.2) is 5.17 Å². The van der Waals surface area contributed by atoms with E-state index in [-0.39, 0.29) is 5.91 Å². The van der Waals surface area contributed by atoms with Gasteiger partial charge in [-0.25, -0.2) is 4.99 Å². The molecule has 0 radical (unpaired) electrons. The zero-order valence-corrected chi connectivity index (χ0v) is 16.4. The molecular formula is C17H15BrN2O2S2. The summed E-state index contributed by atoms with van der Waals surface area (Å²) < 4.78 is 6.20. The first-order chi connectivity index (χ1) is 11.6. The molecule has 1 aliphatic rings. The van der Waals surface area contributed by atoms with Crippen LogP contribution < -0.4 is 4.74 Å². The molecule has 4 nitrogen and oxygen atoms in total. The highest BCUT2D eigenvalue weighted by atomic mass is 79.9. The summed E-state index contributed by atoms with van der Waals surface area (Å²) in [6, 6.07) is 11.4. The predicted octanol–water partition coefficient (Wildman–Crippen LogP) is 5.14. The average Bonchev–Trinajstić information content (AvgIpc) is 3.12. The minimum absolute atomic E-state index is 0.000663. The van der Waals surface area contributed by atoms with Crippen LogP contribution in [0.3, 0.4) is 0 Å². The lowest BCUT2D eigenvalue weighted by atomic mass is 10.3. The van der Waals surface area contributed by atoms with E-state index >= 15 is 0 Å². The highest BCUT2D eigenvalue weighted by Gasteiger charge is 2.32. The molecule has 0 aliphatic carbocycles. The summed E-state index contributed by atoms with van der Waals surface area (Å²) in [5.74, 6) is 0.782. The van der Waals surface area contributed by atoms with E-state index < -0.39 is 0 Å². The normalized spacial score (nSPS) is 18.0. The SMILES string of the molecule is CCN1C(=O)/C(=C\c2ccc(Br)s2)SC1=Nc1ccc(OC)cc1. The third kappa shape index (κ3) is 3.74. The van der Waals surface area contributed by atoms with Gasteiger partial charge in [0.05, 0.1) is 21.5 Å². The van der Waals surface area contributed by atoms with Crippen molar-refractivity contribution in [1.29, 1.82) is 0 Å². The molecule has 1 fully saturated rings. The Labute approximate surface area is 157 Å². The molecule has 0 spiro atoms. The first-order valence-corrected chi connectivity index (χ1v) is 9.73. The van der Waals surface area contributed by atoms with Crippen LogP contribution in [0.2, 0.25) is 0 Å². The molecule has 2 heterocycles. The van der Waals surface area contributed by atoms with E-state index in [1.54, 1.807) is 23.3 Å². The summed E-state index contributed by atoms with van der Waals surface area (Å²) in [5, 5.41) is 0.703. The quantitative estimate of drug-likeness (QED) is 0.640. The molecule has 3 rings (SSSR count). The van der Waals surface area contributed by atoms with Crippen molar-refractivity contribution in [2.24, 2.45) is 4.99 Å². The maximum Gasteiger partial charge on any atom is 0.266 e. The van der Waals surface area contributed by atoms with Gasteiger partial charge >= 0.3 is 0 Å². The van der Waals surface area contributed by atoms with E-state index in [4.69, 9.17) is 4.74 Å². The number of amidine groups is 1. The fourth-order valence-corrected chi connectivity index (χ4v) is 4.67. The van der Waals surface area contributed by atoms with Crippen LogP contribution in [0.1, 0.15) is 11.8 Å². The number of amides is 1. The second-order valence-electron chi connectivity index (χ2n) is 4.89. The Balaban J connectivity index is 1.89. The third-order valence-electron chi connectivity index (χ3n) is 3.37. The Morgan fingerprint density at radius 1 is 1.25 bits per heavy atom. The van der Waals surface area contributed by atoms with Crippen LogP contribution in [0.5, 0.6) is 5.75 Å². The van der Waals surface area contributed by atoms with E-state index in [2.05, 4.69) is 20.9 Å². The summed E-state index contributed by atoms with van der Waals surface area (Å²) in [6.45, 7) is 2.54. The van der Waals surface area contributed by atoms with Crippen molar-refractivity contribution in [1.82, 2.24) is 4.90 Å². The lowest BCUT2D eigenvalue weighted by molar-refractivity contribution is -0.122. The van der Waals surface area contributed by atoms with Gasteiger partial charge in [-0.1, -0.05) is 0 Å². The Morgan fingerprint density at radius 3 is 2.58 bits per heavy atom. The maximum absolute atomic E-state index is 12.6. The number of halogens is 1. The van der Waals surface area contributed by atoms with Crippen LogP contribution in [-0.4, -0.2) is 29.6 Å². The van der Waals surface area contributed by atoms with Gasteiger partial charge < -0.3 is 4.74 Å². The van der Waals surface area contributed by atoms with Crippen molar-refractivity contribution < 1.29 is 9.53 Å². The van der Waals surface area contributed by atoms with Crippen molar-refractivity contribution in [3.05, 3.63) is 50.0 Å². The topological polar surface area (TPSA) is 41.9 Å². The minimum atomic E-state index is -0.000663. The molecule has 124 valence electrons. The number of hydrogen-bond acceptors (Lipinski definition) is 5. The lowest BCUT2D eigenvalue weighted by Gasteiger charge is -2.12. The molecule has 2 aromatic rings. The van der Waals surface area contributed by atoms with Gasteiger partial charge in [0.2, 0.25) is 0 Å². The summed E-state index contributed by atoms with van der Waals surface area (Å²) >= 11 is 6.45. The molecule has 1 aliphatic heterocycles. The van der Waals surface area contributed by atoms with Gasteiger partial charge in [-0.3, -0.25) is 9.69 Å². The molecule has 0 N–H and O–H groups in total. The molecular weight excluding hydrogens is 408 g/mol. The second-order valence-corrected chi connectivity index (χ2v) is 8.40. The fourth-order valence-electron chi connectivity index (χ4n) is 2.17. The van der Waals surface area contributed by atoms with E-state index in [0.29, 0.717) is 16.6 Å². The van der Waals surface area contributed by atoms with Gasteiger partial charge in [0, 0.05) is 11.4 Å². The predicted molar refractivity (Wildman–Crippen MR) is 105 cm³/mol. The fraction of sp³-hybridized carbons (Fsp3) is 0.176. The van der Waals surface area contributed by atoms with Crippen LogP contribution >= 0.6 is 39.0 Å². The Kier molecular flexibility index (Phi) is 5.43. The highest BCUT2D eigenvalue weighted by Crippen LogP contribution is 2.35. The van der Waals surface area contributed by atoms with Crippen molar-refractivity contribution in [2.45, 2.75) is 6.92 Å². The van der Waals surface area contributed by atoms with Crippen LogP contribution in [0.25, 0.3) is 6.08 Å². The number of methoxy groups -OCH3 is 1. The molecule has 0 atom stereocenters. The van der Waals surface area contributed by atoms with Crippen LogP contribution in [0.4, 0.5) is 5.69 Å². The van der Waals surface area contributed by atoms with Crippen LogP contribution in [0.15, 0.2) is 50.1 Å². The van der Waals surface area contributed by atoms with E-state index in [9.17, 15) is 4.79 Å². The number of thiophene rings is 1. The van der Waals surface area contributed by atoms with Crippen molar-refractivity contribution in [3.63, 3.8) is 0 Å². The first-order valence-electron chi connectivity index (χ1n) is 7.30. The number of benzene rings is 1. The van der Waals surface area contributed by atoms with Gasteiger partial charge in [-0.05, 0) is 77.1 Å².